The van der Waals surface area contributed by atoms with Crippen LogP contribution in [0.25, 0.3) is 0 Å². The lowest BCUT2D eigenvalue weighted by Crippen LogP contribution is -2.29. The lowest BCUT2D eigenvalue weighted by atomic mass is 10.2. The molecule has 0 unspecified atom stereocenters. The third kappa shape index (κ3) is 3.49. The number of pyridine rings is 1. The Morgan fingerprint density at radius 2 is 2.07 bits per heavy atom. The molecule has 0 saturated heterocycles. The van der Waals surface area contributed by atoms with Crippen molar-refractivity contribution in [1.82, 2.24) is 9.71 Å². The predicted molar refractivity (Wildman–Crippen MR) is 57.1 cm³/mol. The number of sulfonamides is 1. The van der Waals surface area contributed by atoms with Crippen molar-refractivity contribution in [3.63, 3.8) is 0 Å². The third-order valence-electron chi connectivity index (χ3n) is 1.71. The number of hydrogen-bond acceptors (Lipinski definition) is 3. The van der Waals surface area contributed by atoms with E-state index in [4.69, 9.17) is 0 Å². The molecule has 0 fully saturated rings. The number of hydrogen-bond donors (Lipinski definition) is 2. The molecule has 1 heterocycles. The highest BCUT2D eigenvalue weighted by Crippen LogP contribution is 2.01. The van der Waals surface area contributed by atoms with Crippen LogP contribution in [-0.4, -0.2) is 19.9 Å². The van der Waals surface area contributed by atoms with Gasteiger partial charge in [0.1, 0.15) is 0 Å². The van der Waals surface area contributed by atoms with E-state index in [1.54, 1.807) is 0 Å². The molecule has 0 atom stereocenters. The highest BCUT2D eigenvalue weighted by Gasteiger charge is 2.14. The van der Waals surface area contributed by atoms with Crippen LogP contribution in [0.5, 0.6) is 0 Å². The van der Waals surface area contributed by atoms with Crippen molar-refractivity contribution in [2.75, 3.05) is 6.54 Å². The Morgan fingerprint density at radius 3 is 2.60 bits per heavy atom. The van der Waals surface area contributed by atoms with Gasteiger partial charge >= 0.3 is 0 Å². The molecule has 84 valence electrons. The lowest BCUT2D eigenvalue weighted by Gasteiger charge is -2.07. The Balaban J connectivity index is 2.92. The van der Waals surface area contributed by atoms with Gasteiger partial charge in [-0.05, 0) is 12.0 Å². The molecule has 0 aliphatic rings. The summed E-state index contributed by atoms with van der Waals surface area (Å²) in [6, 6.07) is 4.02. The van der Waals surface area contributed by atoms with E-state index in [0.717, 1.165) is 0 Å². The molecular weight excluding hydrogens is 216 g/mol. The Bertz CT molecular complexity index is 476. The topological polar surface area (TPSA) is 79.0 Å². The SMILES string of the molecule is CC(C)CNS(=O)(=O)c1cccc(=O)[nH]1. The summed E-state index contributed by atoms with van der Waals surface area (Å²) < 4.78 is 25.6. The standard InChI is InChI=1S/C9H14N2O3S/c1-7(2)6-10-15(13,14)9-5-3-4-8(12)11-9/h3-5,7,10H,6H2,1-2H3,(H,11,12). The summed E-state index contributed by atoms with van der Waals surface area (Å²) in [4.78, 5) is 13.2. The first-order valence-corrected chi connectivity index (χ1v) is 6.09. The first-order valence-electron chi connectivity index (χ1n) is 4.61. The Morgan fingerprint density at radius 1 is 1.40 bits per heavy atom. The van der Waals surface area contributed by atoms with Crippen molar-refractivity contribution in [2.24, 2.45) is 5.92 Å². The summed E-state index contributed by atoms with van der Waals surface area (Å²) in [5.74, 6) is 0.218. The average Bonchev–Trinajstić information content (AvgIpc) is 2.15. The molecule has 1 aromatic heterocycles. The second-order valence-electron chi connectivity index (χ2n) is 3.63. The van der Waals surface area contributed by atoms with E-state index in [1.807, 2.05) is 13.8 Å². The van der Waals surface area contributed by atoms with Crippen molar-refractivity contribution in [1.29, 1.82) is 0 Å². The van der Waals surface area contributed by atoms with E-state index in [-0.39, 0.29) is 10.9 Å². The fraction of sp³-hybridized carbons (Fsp3) is 0.444. The van der Waals surface area contributed by atoms with Gasteiger partial charge in [-0.25, -0.2) is 13.1 Å². The fourth-order valence-electron chi connectivity index (χ4n) is 0.939. The molecule has 0 radical (unpaired) electrons. The van der Waals surface area contributed by atoms with Crippen molar-refractivity contribution in [3.8, 4) is 0 Å². The maximum Gasteiger partial charge on any atom is 0.256 e. The van der Waals surface area contributed by atoms with Crippen LogP contribution in [0.4, 0.5) is 0 Å². The second kappa shape index (κ2) is 4.59. The summed E-state index contributed by atoms with van der Waals surface area (Å²) in [6.45, 7) is 4.14. The molecule has 0 amide bonds. The molecule has 0 aliphatic carbocycles. The van der Waals surface area contributed by atoms with Crippen molar-refractivity contribution in [3.05, 3.63) is 28.6 Å². The van der Waals surface area contributed by atoms with Crippen LogP contribution in [0.1, 0.15) is 13.8 Å². The molecule has 0 bridgehead atoms. The number of aromatic amines is 1. The zero-order valence-electron chi connectivity index (χ0n) is 8.65. The molecule has 0 spiro atoms. The normalized spacial score (nSPS) is 11.9. The highest BCUT2D eigenvalue weighted by atomic mass is 32.2. The fourth-order valence-corrected chi connectivity index (χ4v) is 2.14. The summed E-state index contributed by atoms with van der Waals surface area (Å²) >= 11 is 0. The average molecular weight is 230 g/mol. The summed E-state index contributed by atoms with van der Waals surface area (Å²) in [5, 5.41) is -0.101. The van der Waals surface area contributed by atoms with Gasteiger partial charge < -0.3 is 4.98 Å². The molecule has 6 heteroatoms. The van der Waals surface area contributed by atoms with Gasteiger partial charge in [-0.1, -0.05) is 19.9 Å². The van der Waals surface area contributed by atoms with E-state index in [0.29, 0.717) is 6.54 Å². The van der Waals surface area contributed by atoms with Crippen LogP contribution in [0.2, 0.25) is 0 Å². The zero-order valence-corrected chi connectivity index (χ0v) is 9.47. The molecule has 2 N–H and O–H groups in total. The maximum absolute atomic E-state index is 11.6. The van der Waals surface area contributed by atoms with Gasteiger partial charge in [0.2, 0.25) is 5.56 Å². The van der Waals surface area contributed by atoms with E-state index < -0.39 is 15.6 Å². The highest BCUT2D eigenvalue weighted by molar-refractivity contribution is 7.89. The predicted octanol–water partition coefficient (Wildman–Crippen LogP) is 0.309. The summed E-state index contributed by atoms with van der Waals surface area (Å²) in [7, 11) is -3.58. The molecule has 5 nitrogen and oxygen atoms in total. The largest absolute Gasteiger partial charge is 0.312 e. The van der Waals surface area contributed by atoms with E-state index >= 15 is 0 Å². The number of H-pyrrole nitrogens is 1. The van der Waals surface area contributed by atoms with E-state index in [2.05, 4.69) is 9.71 Å². The summed E-state index contributed by atoms with van der Waals surface area (Å²) in [6.07, 6.45) is 0. The van der Waals surface area contributed by atoms with E-state index in [9.17, 15) is 13.2 Å². The number of aromatic nitrogens is 1. The molecular formula is C9H14N2O3S. The third-order valence-corrected chi connectivity index (χ3v) is 3.08. The molecule has 15 heavy (non-hydrogen) atoms. The minimum Gasteiger partial charge on any atom is -0.312 e. The molecule has 1 aromatic rings. The van der Waals surface area contributed by atoms with Crippen LogP contribution >= 0.6 is 0 Å². The van der Waals surface area contributed by atoms with Gasteiger partial charge in [0.25, 0.3) is 10.0 Å². The number of nitrogens with one attached hydrogen (secondary N) is 2. The second-order valence-corrected chi connectivity index (χ2v) is 5.36. The Labute approximate surface area is 88.6 Å². The Hall–Kier alpha value is -1.14. The molecule has 0 aliphatic heterocycles. The van der Waals surface area contributed by atoms with E-state index in [1.165, 1.54) is 18.2 Å². The van der Waals surface area contributed by atoms with Gasteiger partial charge in [0.05, 0.1) is 0 Å². The van der Waals surface area contributed by atoms with Crippen LogP contribution < -0.4 is 10.3 Å². The lowest BCUT2D eigenvalue weighted by molar-refractivity contribution is 0.556. The van der Waals surface area contributed by atoms with Crippen molar-refractivity contribution < 1.29 is 8.42 Å². The first kappa shape index (κ1) is 11.9. The quantitative estimate of drug-likeness (QED) is 0.781. The molecule has 0 aromatic carbocycles. The molecule has 0 saturated carbocycles. The minimum absolute atomic E-state index is 0.101. The van der Waals surface area contributed by atoms with Crippen LogP contribution in [0.3, 0.4) is 0 Å². The minimum atomic E-state index is -3.58. The maximum atomic E-state index is 11.6. The Kier molecular flexibility index (Phi) is 3.65. The van der Waals surface area contributed by atoms with Crippen LogP contribution in [0.15, 0.2) is 28.0 Å². The van der Waals surface area contributed by atoms with Crippen molar-refractivity contribution in [2.45, 2.75) is 18.9 Å². The molecule has 1 rings (SSSR count). The first-order chi connectivity index (χ1) is 6.92. The summed E-state index contributed by atoms with van der Waals surface area (Å²) in [5.41, 5.74) is -0.428. The van der Waals surface area contributed by atoms with Crippen LogP contribution in [0, 0.1) is 5.92 Å². The van der Waals surface area contributed by atoms with Crippen LogP contribution in [-0.2, 0) is 10.0 Å². The van der Waals surface area contributed by atoms with Gasteiger partial charge in [0, 0.05) is 12.6 Å². The van der Waals surface area contributed by atoms with Crippen molar-refractivity contribution >= 4 is 10.0 Å². The van der Waals surface area contributed by atoms with Gasteiger partial charge in [-0.15, -0.1) is 0 Å². The van der Waals surface area contributed by atoms with Gasteiger partial charge in [-0.2, -0.15) is 0 Å². The number of rotatable bonds is 4. The zero-order chi connectivity index (χ0) is 11.5. The van der Waals surface area contributed by atoms with Gasteiger partial charge in [0.15, 0.2) is 5.03 Å². The van der Waals surface area contributed by atoms with Gasteiger partial charge in [-0.3, -0.25) is 4.79 Å². The monoisotopic (exact) mass is 230 g/mol. The smallest absolute Gasteiger partial charge is 0.256 e.